The molecule has 1 aliphatic rings. The van der Waals surface area contributed by atoms with Gasteiger partial charge in [-0.1, -0.05) is 11.3 Å². The number of ether oxygens (including phenoxy) is 2. The summed E-state index contributed by atoms with van der Waals surface area (Å²) in [5.74, 6) is -0.495. The van der Waals surface area contributed by atoms with Crippen LogP contribution in [0.15, 0.2) is 40.2 Å². The van der Waals surface area contributed by atoms with Gasteiger partial charge < -0.3 is 19.5 Å². The highest BCUT2D eigenvalue weighted by Crippen LogP contribution is 2.34. The number of aliphatic hydroxyl groups excluding tert-OH is 1. The van der Waals surface area contributed by atoms with Gasteiger partial charge in [0.1, 0.15) is 33.5 Å². The van der Waals surface area contributed by atoms with E-state index in [1.807, 2.05) is 13.8 Å². The molecule has 1 aliphatic heterocycles. The molecule has 0 spiro atoms. The van der Waals surface area contributed by atoms with Gasteiger partial charge in [0.25, 0.3) is 5.56 Å². The Morgan fingerprint density at radius 1 is 1.19 bits per heavy atom. The van der Waals surface area contributed by atoms with Crippen LogP contribution in [-0.2, 0) is 16.1 Å². The summed E-state index contributed by atoms with van der Waals surface area (Å²) in [6.07, 6.45) is 3.03. The first-order chi connectivity index (χ1) is 20.2. The lowest BCUT2D eigenvalue weighted by atomic mass is 10.0. The van der Waals surface area contributed by atoms with Gasteiger partial charge in [-0.25, -0.2) is 13.8 Å². The summed E-state index contributed by atoms with van der Waals surface area (Å²) in [4.78, 5) is 45.4. The second-order valence-corrected chi connectivity index (χ2v) is 11.3. The van der Waals surface area contributed by atoms with E-state index in [1.165, 1.54) is 47.1 Å². The Hall–Kier alpha value is -3.88. The molecule has 0 radical (unpaired) electrons. The molecule has 12 nitrogen and oxygen atoms in total. The lowest BCUT2D eigenvalue weighted by molar-refractivity contribution is -0.139. The third kappa shape index (κ3) is 5.25. The van der Waals surface area contributed by atoms with Crippen molar-refractivity contribution in [2.24, 2.45) is 0 Å². The number of fused-ring (bicyclic) bond motifs is 1. The standard InChI is InChI=1S/C28H33FN6O6S/c1-16(2)32-11-5-6-20(24(32)37)34-25(38)23-17(3)26(35-30-9-10-31-35)42-27(23)33(28(34)39)15-22(41-13-12-36)19-14-18(29)7-8-21(19)40-4/h7-10,14,16,20,22,36H,5-6,11-13,15H2,1-4H3. The smallest absolute Gasteiger partial charge is 0.332 e. The molecule has 4 heterocycles. The van der Waals surface area contributed by atoms with Gasteiger partial charge in [-0.2, -0.15) is 10.2 Å². The van der Waals surface area contributed by atoms with E-state index in [9.17, 15) is 23.9 Å². The van der Waals surface area contributed by atoms with Crippen molar-refractivity contribution >= 4 is 27.5 Å². The summed E-state index contributed by atoms with van der Waals surface area (Å²) >= 11 is 1.15. The molecule has 0 bridgehead atoms. The molecule has 224 valence electrons. The number of piperidine rings is 1. The number of rotatable bonds is 10. The molecule has 2 atom stereocenters. The molecule has 0 aliphatic carbocycles. The molecule has 1 N–H and O–H groups in total. The zero-order chi connectivity index (χ0) is 30.1. The Bertz CT molecular complexity index is 1710. The van der Waals surface area contributed by atoms with Crippen LogP contribution in [0.2, 0.25) is 0 Å². The van der Waals surface area contributed by atoms with E-state index in [0.29, 0.717) is 46.1 Å². The number of hydrogen-bond donors (Lipinski definition) is 1. The molecule has 1 saturated heterocycles. The number of amides is 1. The van der Waals surface area contributed by atoms with Crippen LogP contribution < -0.4 is 16.0 Å². The number of hydrogen-bond acceptors (Lipinski definition) is 9. The van der Waals surface area contributed by atoms with Crippen molar-refractivity contribution < 1.29 is 23.8 Å². The van der Waals surface area contributed by atoms with E-state index < -0.39 is 29.2 Å². The maximum Gasteiger partial charge on any atom is 0.332 e. The van der Waals surface area contributed by atoms with Crippen LogP contribution in [0.3, 0.4) is 0 Å². The van der Waals surface area contributed by atoms with Crippen molar-refractivity contribution in [2.75, 3.05) is 26.9 Å². The van der Waals surface area contributed by atoms with E-state index in [2.05, 4.69) is 10.2 Å². The lowest BCUT2D eigenvalue weighted by Crippen LogP contribution is -2.52. The summed E-state index contributed by atoms with van der Waals surface area (Å²) in [5.41, 5.74) is -0.381. The van der Waals surface area contributed by atoms with Crippen LogP contribution in [0, 0.1) is 12.7 Å². The van der Waals surface area contributed by atoms with Crippen LogP contribution in [0.4, 0.5) is 4.39 Å². The molecular weight excluding hydrogens is 567 g/mol. The maximum absolute atomic E-state index is 14.4. The number of aliphatic hydroxyl groups is 1. The number of methoxy groups -OCH3 is 1. The van der Waals surface area contributed by atoms with Crippen molar-refractivity contribution in [3.63, 3.8) is 0 Å². The summed E-state index contributed by atoms with van der Waals surface area (Å²) in [6.45, 7) is 5.51. The van der Waals surface area contributed by atoms with Crippen LogP contribution in [0.25, 0.3) is 15.2 Å². The van der Waals surface area contributed by atoms with Gasteiger partial charge in [-0.15, -0.1) is 4.80 Å². The second kappa shape index (κ2) is 12.2. The van der Waals surface area contributed by atoms with E-state index in [0.717, 1.165) is 15.9 Å². The Kier molecular flexibility index (Phi) is 8.57. The number of aromatic nitrogens is 5. The fourth-order valence-electron chi connectivity index (χ4n) is 5.49. The number of benzene rings is 1. The minimum Gasteiger partial charge on any atom is -0.496 e. The highest BCUT2D eigenvalue weighted by Gasteiger charge is 2.35. The third-order valence-corrected chi connectivity index (χ3v) is 8.78. The minimum absolute atomic E-state index is 0.0981. The van der Waals surface area contributed by atoms with Crippen molar-refractivity contribution in [3.8, 4) is 10.8 Å². The van der Waals surface area contributed by atoms with Crippen molar-refractivity contribution in [1.82, 2.24) is 29.0 Å². The summed E-state index contributed by atoms with van der Waals surface area (Å²) < 4.78 is 28.2. The van der Waals surface area contributed by atoms with E-state index in [4.69, 9.17) is 9.47 Å². The number of nitrogens with zero attached hydrogens (tertiary/aromatic N) is 6. The molecule has 4 aromatic rings. The van der Waals surface area contributed by atoms with Gasteiger partial charge in [0.2, 0.25) is 5.91 Å². The monoisotopic (exact) mass is 600 g/mol. The van der Waals surface area contributed by atoms with Crippen LogP contribution in [-0.4, -0.2) is 73.0 Å². The van der Waals surface area contributed by atoms with Crippen LogP contribution in [0.5, 0.6) is 5.75 Å². The molecule has 5 rings (SSSR count). The van der Waals surface area contributed by atoms with Gasteiger partial charge in [0.15, 0.2) is 0 Å². The average Bonchev–Trinajstić information content (AvgIpc) is 3.61. The molecule has 14 heteroatoms. The highest BCUT2D eigenvalue weighted by molar-refractivity contribution is 7.21. The van der Waals surface area contributed by atoms with Gasteiger partial charge in [-0.3, -0.25) is 14.2 Å². The van der Waals surface area contributed by atoms with Crippen molar-refractivity contribution in [2.45, 2.75) is 58.3 Å². The van der Waals surface area contributed by atoms with Crippen molar-refractivity contribution in [3.05, 3.63) is 68.4 Å². The topological polar surface area (TPSA) is 134 Å². The normalized spacial score (nSPS) is 16.5. The Morgan fingerprint density at radius 2 is 1.93 bits per heavy atom. The molecule has 1 aromatic carbocycles. The molecular formula is C28H33FN6O6S. The van der Waals surface area contributed by atoms with Gasteiger partial charge in [0, 0.05) is 23.7 Å². The first-order valence-electron chi connectivity index (χ1n) is 13.7. The molecule has 2 unspecified atom stereocenters. The van der Waals surface area contributed by atoms with E-state index in [1.54, 1.807) is 11.8 Å². The summed E-state index contributed by atoms with van der Waals surface area (Å²) in [5, 5.41) is 18.7. The second-order valence-electron chi connectivity index (χ2n) is 10.4. The van der Waals surface area contributed by atoms with Crippen molar-refractivity contribution in [1.29, 1.82) is 0 Å². The predicted molar refractivity (Wildman–Crippen MR) is 154 cm³/mol. The molecule has 42 heavy (non-hydrogen) atoms. The van der Waals surface area contributed by atoms with Gasteiger partial charge in [-0.05, 0) is 51.8 Å². The first kappa shape index (κ1) is 29.6. The SMILES string of the molecule is COc1ccc(F)cc1C(Cn1c(=O)n(C2CCCN(C(C)C)C2=O)c(=O)c2c(C)c(-n3nccn3)sc21)OCCO. The number of aryl methyl sites for hydroxylation is 1. The summed E-state index contributed by atoms with van der Waals surface area (Å²) in [7, 11) is 1.44. The number of thiophene rings is 1. The third-order valence-electron chi connectivity index (χ3n) is 7.50. The van der Waals surface area contributed by atoms with E-state index in [-0.39, 0.29) is 37.1 Å². The quantitative estimate of drug-likeness (QED) is 0.294. The van der Waals surface area contributed by atoms with E-state index >= 15 is 0 Å². The Labute approximate surface area is 244 Å². The van der Waals surface area contributed by atoms with Crippen LogP contribution >= 0.6 is 11.3 Å². The minimum atomic E-state index is -0.983. The summed E-state index contributed by atoms with van der Waals surface area (Å²) in [6, 6.07) is 2.87. The van der Waals surface area contributed by atoms with Gasteiger partial charge in [0.05, 0.1) is 44.6 Å². The van der Waals surface area contributed by atoms with Gasteiger partial charge >= 0.3 is 5.69 Å². The largest absolute Gasteiger partial charge is 0.496 e. The number of likely N-dealkylation sites (tertiary alicyclic amines) is 1. The first-order valence-corrected chi connectivity index (χ1v) is 14.5. The average molecular weight is 601 g/mol. The zero-order valence-electron chi connectivity index (χ0n) is 23.8. The fraction of sp³-hybridized carbons (Fsp3) is 0.464. The molecule has 1 fully saturated rings. The molecule has 1 amide bonds. The van der Waals surface area contributed by atoms with Crippen LogP contribution in [0.1, 0.15) is 50.0 Å². The zero-order valence-corrected chi connectivity index (χ0v) is 24.6. The predicted octanol–water partition coefficient (Wildman–Crippen LogP) is 2.58. The number of halogens is 1. The maximum atomic E-state index is 14.4. The highest BCUT2D eigenvalue weighted by atomic mass is 32.1. The Morgan fingerprint density at radius 3 is 2.60 bits per heavy atom. The number of carbonyl (C=O) groups is 1. The number of carbonyl (C=O) groups excluding carboxylic acids is 1. The molecule has 3 aromatic heterocycles. The molecule has 0 saturated carbocycles. The Balaban J connectivity index is 1.76. The fourth-order valence-corrected chi connectivity index (χ4v) is 6.71. The lowest BCUT2D eigenvalue weighted by Gasteiger charge is -2.35.